The molecular weight excluding hydrogens is 278 g/mol. The number of hydrogen-bond donors (Lipinski definition) is 1. The molecule has 106 valence electrons. The Morgan fingerprint density at radius 2 is 2.05 bits per heavy atom. The molecule has 19 heavy (non-hydrogen) atoms. The van der Waals surface area contributed by atoms with E-state index < -0.39 is 23.6 Å². The largest absolute Gasteiger partial charge is 0.419 e. The molecular formula is C13H15F4NS. The first-order chi connectivity index (χ1) is 8.74. The highest BCUT2D eigenvalue weighted by atomic mass is 32.2. The molecule has 1 aromatic carbocycles. The Morgan fingerprint density at radius 3 is 2.58 bits per heavy atom. The van der Waals surface area contributed by atoms with Gasteiger partial charge < -0.3 is 5.73 Å². The van der Waals surface area contributed by atoms with Crippen LogP contribution in [0, 0.1) is 5.82 Å². The number of hydrogen-bond acceptors (Lipinski definition) is 2. The SMILES string of the molecule is CC1(C(N)c2ccc(F)c(C(F)(F)F)c2)CCCS1. The van der Waals surface area contributed by atoms with Crippen LogP contribution in [0.15, 0.2) is 18.2 Å². The van der Waals surface area contributed by atoms with E-state index in [9.17, 15) is 17.6 Å². The fourth-order valence-electron chi connectivity index (χ4n) is 2.35. The average Bonchev–Trinajstić information content (AvgIpc) is 2.76. The van der Waals surface area contributed by atoms with Crippen molar-refractivity contribution in [3.05, 3.63) is 35.1 Å². The number of alkyl halides is 3. The second kappa shape index (κ2) is 4.98. The predicted octanol–water partition coefficient (Wildman–Crippen LogP) is 4.13. The predicted molar refractivity (Wildman–Crippen MR) is 68.4 cm³/mol. The molecule has 2 N–H and O–H groups in total. The van der Waals surface area contributed by atoms with Crippen LogP contribution < -0.4 is 5.73 Å². The second-order valence-corrected chi connectivity index (χ2v) is 6.61. The smallest absolute Gasteiger partial charge is 0.323 e. The summed E-state index contributed by atoms with van der Waals surface area (Å²) >= 11 is 1.67. The molecule has 6 heteroatoms. The maximum Gasteiger partial charge on any atom is 0.419 e. The summed E-state index contributed by atoms with van der Waals surface area (Å²) in [6.07, 6.45) is -2.83. The first kappa shape index (κ1) is 14.7. The monoisotopic (exact) mass is 293 g/mol. The molecule has 0 radical (unpaired) electrons. The molecule has 1 aliphatic heterocycles. The van der Waals surface area contributed by atoms with Gasteiger partial charge in [-0.1, -0.05) is 6.07 Å². The van der Waals surface area contributed by atoms with E-state index in [0.717, 1.165) is 30.7 Å². The zero-order chi connectivity index (χ0) is 14.3. The first-order valence-electron chi connectivity index (χ1n) is 6.00. The van der Waals surface area contributed by atoms with Crippen LogP contribution in [-0.2, 0) is 6.18 Å². The highest BCUT2D eigenvalue weighted by Gasteiger charge is 2.39. The fraction of sp³-hybridized carbons (Fsp3) is 0.538. The average molecular weight is 293 g/mol. The third-order valence-electron chi connectivity index (χ3n) is 3.56. The highest BCUT2D eigenvalue weighted by Crippen LogP contribution is 2.46. The molecule has 0 bridgehead atoms. The molecule has 0 spiro atoms. The van der Waals surface area contributed by atoms with Crippen molar-refractivity contribution in [2.24, 2.45) is 5.73 Å². The summed E-state index contributed by atoms with van der Waals surface area (Å²) in [6.45, 7) is 1.95. The van der Waals surface area contributed by atoms with E-state index in [1.54, 1.807) is 11.8 Å². The molecule has 1 nitrogen and oxygen atoms in total. The van der Waals surface area contributed by atoms with E-state index in [2.05, 4.69) is 0 Å². The summed E-state index contributed by atoms with van der Waals surface area (Å²) in [5.41, 5.74) is 5.18. The summed E-state index contributed by atoms with van der Waals surface area (Å²) in [5, 5.41) is 0. The van der Waals surface area contributed by atoms with Crippen molar-refractivity contribution in [2.45, 2.75) is 36.7 Å². The number of benzene rings is 1. The molecule has 0 aliphatic carbocycles. The first-order valence-corrected chi connectivity index (χ1v) is 6.99. The molecule has 1 aromatic rings. The van der Waals surface area contributed by atoms with Crippen molar-refractivity contribution < 1.29 is 17.6 Å². The van der Waals surface area contributed by atoms with E-state index in [1.165, 1.54) is 6.07 Å². The fourth-order valence-corrected chi connectivity index (χ4v) is 3.71. The Balaban J connectivity index is 2.36. The maximum absolute atomic E-state index is 13.2. The van der Waals surface area contributed by atoms with Crippen LogP contribution in [0.4, 0.5) is 17.6 Å². The topological polar surface area (TPSA) is 26.0 Å². The zero-order valence-electron chi connectivity index (χ0n) is 10.4. The van der Waals surface area contributed by atoms with Gasteiger partial charge in [0, 0.05) is 10.8 Å². The Morgan fingerprint density at radius 1 is 1.37 bits per heavy atom. The van der Waals surface area contributed by atoms with Gasteiger partial charge in [0.15, 0.2) is 0 Å². The van der Waals surface area contributed by atoms with Gasteiger partial charge in [0.05, 0.1) is 5.56 Å². The minimum atomic E-state index is -4.69. The Hall–Kier alpha value is -0.750. The highest BCUT2D eigenvalue weighted by molar-refractivity contribution is 8.00. The Kier molecular flexibility index (Phi) is 3.84. The molecule has 0 saturated carbocycles. The quantitative estimate of drug-likeness (QED) is 0.830. The van der Waals surface area contributed by atoms with Gasteiger partial charge in [0.25, 0.3) is 0 Å². The van der Waals surface area contributed by atoms with Crippen molar-refractivity contribution >= 4 is 11.8 Å². The summed E-state index contributed by atoms with van der Waals surface area (Å²) in [6, 6.07) is 2.51. The Labute approximate surface area is 113 Å². The lowest BCUT2D eigenvalue weighted by molar-refractivity contribution is -0.140. The molecule has 1 aliphatic rings. The van der Waals surface area contributed by atoms with Gasteiger partial charge in [0.1, 0.15) is 5.82 Å². The van der Waals surface area contributed by atoms with Crippen molar-refractivity contribution in [1.29, 1.82) is 0 Å². The van der Waals surface area contributed by atoms with Crippen LogP contribution in [-0.4, -0.2) is 10.5 Å². The molecule has 2 atom stereocenters. The zero-order valence-corrected chi connectivity index (χ0v) is 11.2. The van der Waals surface area contributed by atoms with Gasteiger partial charge >= 0.3 is 6.18 Å². The lowest BCUT2D eigenvalue weighted by atomic mass is 9.90. The number of rotatable bonds is 2. The van der Waals surface area contributed by atoms with Crippen molar-refractivity contribution in [2.75, 3.05) is 5.75 Å². The van der Waals surface area contributed by atoms with Gasteiger partial charge in [-0.3, -0.25) is 0 Å². The lowest BCUT2D eigenvalue weighted by Crippen LogP contribution is -2.33. The van der Waals surface area contributed by atoms with Gasteiger partial charge in [0.2, 0.25) is 0 Å². The lowest BCUT2D eigenvalue weighted by Gasteiger charge is -2.31. The van der Waals surface area contributed by atoms with E-state index in [1.807, 2.05) is 6.92 Å². The third-order valence-corrected chi connectivity index (χ3v) is 5.17. The minimum absolute atomic E-state index is 0.277. The Bertz CT molecular complexity index is 466. The molecule has 1 saturated heterocycles. The molecule has 2 rings (SSSR count). The van der Waals surface area contributed by atoms with Crippen molar-refractivity contribution in [3.8, 4) is 0 Å². The summed E-state index contributed by atoms with van der Waals surface area (Å²) in [5.74, 6) is -0.301. The van der Waals surface area contributed by atoms with Crippen LogP contribution in [0.5, 0.6) is 0 Å². The molecule has 1 heterocycles. The molecule has 0 amide bonds. The van der Waals surface area contributed by atoms with E-state index >= 15 is 0 Å². The third kappa shape index (κ3) is 2.89. The van der Waals surface area contributed by atoms with E-state index in [4.69, 9.17) is 5.73 Å². The summed E-state index contributed by atoms with van der Waals surface area (Å²) < 4.78 is 51.0. The van der Waals surface area contributed by atoms with Crippen LogP contribution >= 0.6 is 11.8 Å². The van der Waals surface area contributed by atoms with Crippen LogP contribution in [0.3, 0.4) is 0 Å². The summed E-state index contributed by atoms with van der Waals surface area (Å²) in [4.78, 5) is 0. The van der Waals surface area contributed by atoms with Crippen LogP contribution in [0.25, 0.3) is 0 Å². The van der Waals surface area contributed by atoms with Gasteiger partial charge in [-0.25, -0.2) is 4.39 Å². The number of halogens is 4. The number of nitrogens with two attached hydrogens (primary N) is 1. The maximum atomic E-state index is 13.2. The van der Waals surface area contributed by atoms with Crippen molar-refractivity contribution in [1.82, 2.24) is 0 Å². The van der Waals surface area contributed by atoms with Crippen LogP contribution in [0.2, 0.25) is 0 Å². The number of thioether (sulfide) groups is 1. The summed E-state index contributed by atoms with van der Waals surface area (Å²) in [7, 11) is 0. The van der Waals surface area contributed by atoms with Gasteiger partial charge in [-0.2, -0.15) is 24.9 Å². The molecule has 2 unspecified atom stereocenters. The molecule has 0 aromatic heterocycles. The normalized spacial score (nSPS) is 25.6. The van der Waals surface area contributed by atoms with E-state index in [0.29, 0.717) is 5.56 Å². The van der Waals surface area contributed by atoms with Crippen LogP contribution in [0.1, 0.15) is 36.9 Å². The minimum Gasteiger partial charge on any atom is -0.323 e. The van der Waals surface area contributed by atoms with E-state index in [-0.39, 0.29) is 4.75 Å². The standard InChI is InChI=1S/C13H15F4NS/c1-12(5-2-6-19-12)11(18)8-3-4-10(14)9(7-8)13(15,16)17/h3-4,7,11H,2,5-6,18H2,1H3. The van der Waals surface area contributed by atoms with Gasteiger partial charge in [-0.15, -0.1) is 0 Å². The van der Waals surface area contributed by atoms with Crippen molar-refractivity contribution in [3.63, 3.8) is 0 Å². The second-order valence-electron chi connectivity index (χ2n) is 4.98. The van der Waals surface area contributed by atoms with Gasteiger partial charge in [-0.05, 0) is 43.2 Å². The molecule has 1 fully saturated rings.